The van der Waals surface area contributed by atoms with E-state index >= 15 is 0 Å². The van der Waals surface area contributed by atoms with Crippen LogP contribution in [0, 0.1) is 5.41 Å². The van der Waals surface area contributed by atoms with Gasteiger partial charge in [-0.3, -0.25) is 4.90 Å². The molecular weight excluding hydrogens is 250 g/mol. The van der Waals surface area contributed by atoms with Gasteiger partial charge in [0.25, 0.3) is 0 Å². The molecule has 0 bridgehead atoms. The van der Waals surface area contributed by atoms with Crippen LogP contribution >= 0.6 is 0 Å². The predicted octanol–water partition coefficient (Wildman–Crippen LogP) is 2.01. The van der Waals surface area contributed by atoms with Crippen molar-refractivity contribution in [1.29, 1.82) is 0 Å². The Labute approximate surface area is 121 Å². The van der Waals surface area contributed by atoms with E-state index in [1.807, 2.05) is 12.1 Å². The van der Waals surface area contributed by atoms with Crippen LogP contribution in [-0.4, -0.2) is 55.1 Å². The van der Waals surface area contributed by atoms with Crippen molar-refractivity contribution in [2.24, 2.45) is 5.41 Å². The van der Waals surface area contributed by atoms with Crippen molar-refractivity contribution < 1.29 is 4.74 Å². The second kappa shape index (κ2) is 5.34. The number of nitrogens with zero attached hydrogens (tertiary/aromatic N) is 3. The summed E-state index contributed by atoms with van der Waals surface area (Å²) in [6.45, 7) is 3.39. The van der Waals surface area contributed by atoms with Gasteiger partial charge in [-0.2, -0.15) is 0 Å². The lowest BCUT2D eigenvalue weighted by Crippen LogP contribution is -2.49. The molecule has 1 aromatic heterocycles. The van der Waals surface area contributed by atoms with Crippen LogP contribution in [-0.2, 0) is 6.54 Å². The van der Waals surface area contributed by atoms with E-state index < -0.39 is 0 Å². The smallest absolute Gasteiger partial charge is 0.213 e. The molecule has 0 radical (unpaired) electrons. The summed E-state index contributed by atoms with van der Waals surface area (Å²) in [6, 6.07) is 6.82. The van der Waals surface area contributed by atoms with Crippen molar-refractivity contribution in [3.63, 3.8) is 0 Å². The quantitative estimate of drug-likeness (QED) is 0.840. The van der Waals surface area contributed by atoms with Gasteiger partial charge in [0, 0.05) is 25.2 Å². The first-order valence-electron chi connectivity index (χ1n) is 7.49. The Bertz CT molecular complexity index is 469. The molecule has 3 rings (SSSR count). The summed E-state index contributed by atoms with van der Waals surface area (Å²) < 4.78 is 5.20. The molecule has 1 spiro atoms. The first kappa shape index (κ1) is 13.8. The Balaban J connectivity index is 1.56. The number of likely N-dealkylation sites (tertiary alicyclic amines) is 1. The lowest BCUT2D eigenvalue weighted by Gasteiger charge is -2.48. The summed E-state index contributed by atoms with van der Waals surface area (Å²) in [7, 11) is 6.07. The Hall–Kier alpha value is -1.13. The summed E-state index contributed by atoms with van der Waals surface area (Å²) in [5.74, 6) is 0.715. The minimum absolute atomic E-state index is 0.591. The van der Waals surface area contributed by atoms with Gasteiger partial charge >= 0.3 is 0 Å². The molecule has 0 unspecified atom stereocenters. The number of methoxy groups -OCH3 is 1. The highest BCUT2D eigenvalue weighted by Crippen LogP contribution is 2.49. The molecule has 1 aromatic rings. The van der Waals surface area contributed by atoms with E-state index in [-0.39, 0.29) is 0 Å². The maximum atomic E-state index is 5.20. The van der Waals surface area contributed by atoms with E-state index in [0.717, 1.165) is 18.3 Å². The maximum absolute atomic E-state index is 5.20. The van der Waals surface area contributed by atoms with Crippen molar-refractivity contribution in [1.82, 2.24) is 14.8 Å². The van der Waals surface area contributed by atoms with Crippen LogP contribution < -0.4 is 4.74 Å². The molecule has 110 valence electrons. The SMILES string of the molecule is COc1cccc(CN2CCC3(CC(N(C)C)C3)C2)n1. The first-order valence-corrected chi connectivity index (χ1v) is 7.49. The van der Waals surface area contributed by atoms with Crippen LogP contribution in [0.5, 0.6) is 5.88 Å². The average molecular weight is 275 g/mol. The largest absolute Gasteiger partial charge is 0.481 e. The molecule has 1 saturated carbocycles. The van der Waals surface area contributed by atoms with Gasteiger partial charge in [0.1, 0.15) is 0 Å². The van der Waals surface area contributed by atoms with Gasteiger partial charge in [0.15, 0.2) is 0 Å². The molecule has 0 amide bonds. The number of ether oxygens (including phenoxy) is 1. The molecule has 0 aromatic carbocycles. The first-order chi connectivity index (χ1) is 9.60. The third-order valence-corrected chi connectivity index (χ3v) is 4.96. The van der Waals surface area contributed by atoms with E-state index in [4.69, 9.17) is 4.74 Å². The predicted molar refractivity (Wildman–Crippen MR) is 79.8 cm³/mol. The van der Waals surface area contributed by atoms with Crippen LogP contribution in [0.1, 0.15) is 25.0 Å². The highest BCUT2D eigenvalue weighted by Gasteiger charge is 2.48. The zero-order chi connectivity index (χ0) is 14.2. The van der Waals surface area contributed by atoms with E-state index in [1.54, 1.807) is 7.11 Å². The molecule has 4 heteroatoms. The third kappa shape index (κ3) is 2.67. The van der Waals surface area contributed by atoms with Gasteiger partial charge in [-0.1, -0.05) is 6.07 Å². The number of hydrogen-bond donors (Lipinski definition) is 0. The molecule has 2 fully saturated rings. The van der Waals surface area contributed by atoms with E-state index in [2.05, 4.69) is 34.9 Å². The van der Waals surface area contributed by atoms with Crippen molar-refractivity contribution in [3.05, 3.63) is 23.9 Å². The van der Waals surface area contributed by atoms with Gasteiger partial charge < -0.3 is 9.64 Å². The third-order valence-electron chi connectivity index (χ3n) is 4.96. The Morgan fingerprint density at radius 2 is 2.20 bits per heavy atom. The van der Waals surface area contributed by atoms with Gasteiger partial charge in [0.05, 0.1) is 12.8 Å². The monoisotopic (exact) mass is 275 g/mol. The normalized spacial score (nSPS) is 29.9. The van der Waals surface area contributed by atoms with Gasteiger partial charge in [-0.05, 0) is 51.4 Å². The highest BCUT2D eigenvalue weighted by molar-refractivity contribution is 5.16. The summed E-state index contributed by atoms with van der Waals surface area (Å²) in [4.78, 5) is 9.44. The van der Waals surface area contributed by atoms with Crippen molar-refractivity contribution >= 4 is 0 Å². The average Bonchev–Trinajstić information content (AvgIpc) is 2.81. The zero-order valence-electron chi connectivity index (χ0n) is 12.8. The van der Waals surface area contributed by atoms with Crippen molar-refractivity contribution in [2.75, 3.05) is 34.3 Å². The summed E-state index contributed by atoms with van der Waals surface area (Å²) in [5.41, 5.74) is 1.71. The van der Waals surface area contributed by atoms with Crippen LogP contribution in [0.2, 0.25) is 0 Å². The molecule has 20 heavy (non-hydrogen) atoms. The molecule has 4 nitrogen and oxygen atoms in total. The second-order valence-corrected chi connectivity index (χ2v) is 6.66. The van der Waals surface area contributed by atoms with Crippen molar-refractivity contribution in [2.45, 2.75) is 31.8 Å². The number of aromatic nitrogens is 1. The van der Waals surface area contributed by atoms with Gasteiger partial charge in [-0.25, -0.2) is 4.98 Å². The number of hydrogen-bond acceptors (Lipinski definition) is 4. The summed E-state index contributed by atoms with van der Waals surface area (Å²) >= 11 is 0. The van der Waals surface area contributed by atoms with Crippen LogP contribution in [0.25, 0.3) is 0 Å². The van der Waals surface area contributed by atoms with Crippen molar-refractivity contribution in [3.8, 4) is 5.88 Å². The van der Waals surface area contributed by atoms with Crippen LogP contribution in [0.15, 0.2) is 18.2 Å². The maximum Gasteiger partial charge on any atom is 0.213 e. The molecule has 0 N–H and O–H groups in total. The fourth-order valence-corrected chi connectivity index (χ4v) is 3.69. The van der Waals surface area contributed by atoms with Crippen LogP contribution in [0.4, 0.5) is 0 Å². The fraction of sp³-hybridized carbons (Fsp3) is 0.688. The molecule has 2 heterocycles. The van der Waals surface area contributed by atoms with Crippen LogP contribution in [0.3, 0.4) is 0 Å². The molecule has 0 atom stereocenters. The summed E-state index contributed by atoms with van der Waals surface area (Å²) in [5, 5.41) is 0. The number of pyridine rings is 1. The highest BCUT2D eigenvalue weighted by atomic mass is 16.5. The number of rotatable bonds is 4. The van der Waals surface area contributed by atoms with E-state index in [9.17, 15) is 0 Å². The van der Waals surface area contributed by atoms with Gasteiger partial charge in [0.2, 0.25) is 5.88 Å². The molecular formula is C16H25N3O. The molecule has 1 aliphatic heterocycles. The minimum atomic E-state index is 0.591. The fourth-order valence-electron chi connectivity index (χ4n) is 3.69. The summed E-state index contributed by atoms with van der Waals surface area (Å²) in [6.07, 6.45) is 4.07. The molecule has 2 aliphatic rings. The molecule has 1 aliphatic carbocycles. The Morgan fingerprint density at radius 3 is 2.90 bits per heavy atom. The van der Waals surface area contributed by atoms with E-state index in [1.165, 1.54) is 32.4 Å². The Kier molecular flexibility index (Phi) is 3.69. The lowest BCUT2D eigenvalue weighted by molar-refractivity contribution is 0.0321. The molecule has 1 saturated heterocycles. The lowest BCUT2D eigenvalue weighted by atomic mass is 9.64. The Morgan fingerprint density at radius 1 is 1.40 bits per heavy atom. The topological polar surface area (TPSA) is 28.6 Å². The zero-order valence-corrected chi connectivity index (χ0v) is 12.8. The minimum Gasteiger partial charge on any atom is -0.481 e. The van der Waals surface area contributed by atoms with Gasteiger partial charge in [-0.15, -0.1) is 0 Å². The second-order valence-electron chi connectivity index (χ2n) is 6.66. The van der Waals surface area contributed by atoms with E-state index in [0.29, 0.717) is 11.3 Å². The standard InChI is InChI=1S/C16H25N3O/c1-18(2)14-9-16(10-14)7-8-19(12-16)11-13-5-4-6-15(17-13)20-3/h4-6,14H,7-12H2,1-3H3.